The lowest BCUT2D eigenvalue weighted by atomic mass is 9.77. The number of aldehydes is 1. The molecule has 0 heterocycles. The minimum absolute atomic E-state index is 0.0838. The van der Waals surface area contributed by atoms with E-state index in [0.29, 0.717) is 13.0 Å². The number of hydrogen-bond donors (Lipinski definition) is 2. The summed E-state index contributed by atoms with van der Waals surface area (Å²) >= 11 is 0. The van der Waals surface area contributed by atoms with E-state index in [4.69, 9.17) is 9.84 Å². The van der Waals surface area contributed by atoms with Crippen LogP contribution in [0.1, 0.15) is 57.8 Å². The third kappa shape index (κ3) is 7.12. The highest BCUT2D eigenvalue weighted by molar-refractivity contribution is 5.82. The molecule has 0 bridgehead atoms. The maximum atomic E-state index is 12.3. The van der Waals surface area contributed by atoms with Crippen LogP contribution in [0, 0.1) is 11.8 Å². The minimum Gasteiger partial charge on any atom is -0.481 e. The van der Waals surface area contributed by atoms with Crippen molar-refractivity contribution < 1.29 is 24.2 Å². The Balaban J connectivity index is 2.21. The number of nitrogens with one attached hydrogen (secondary N) is 1. The van der Waals surface area contributed by atoms with E-state index in [1.54, 1.807) is 7.11 Å². The first kappa shape index (κ1) is 19.6. The standard InChI is InChI=1S/C17H29NO5/c1-23-14-9-7-8-13(12-19)16(14)17(22)18-11-6-4-2-3-5-10-15(20)21/h12-14,16H,2-11H2,1H3,(H,18,22)(H,20,21). The van der Waals surface area contributed by atoms with Crippen molar-refractivity contribution in [2.24, 2.45) is 11.8 Å². The van der Waals surface area contributed by atoms with E-state index in [-0.39, 0.29) is 30.3 Å². The first-order valence-electron chi connectivity index (χ1n) is 8.57. The number of carboxylic acid groups (broad SMARTS) is 1. The number of aliphatic carboxylic acids is 1. The molecule has 0 radical (unpaired) electrons. The predicted molar refractivity (Wildman–Crippen MR) is 86.0 cm³/mol. The molecule has 1 aliphatic carbocycles. The topological polar surface area (TPSA) is 92.7 Å². The van der Waals surface area contributed by atoms with Gasteiger partial charge in [0.1, 0.15) is 6.29 Å². The summed E-state index contributed by atoms with van der Waals surface area (Å²) in [6, 6.07) is 0. The van der Waals surface area contributed by atoms with Gasteiger partial charge in [-0.15, -0.1) is 0 Å². The predicted octanol–water partition coefficient (Wildman–Crippen LogP) is 2.16. The van der Waals surface area contributed by atoms with Gasteiger partial charge in [0.25, 0.3) is 0 Å². The van der Waals surface area contributed by atoms with E-state index in [9.17, 15) is 14.4 Å². The van der Waals surface area contributed by atoms with Crippen LogP contribution < -0.4 is 5.32 Å². The van der Waals surface area contributed by atoms with Crippen LogP contribution in [0.15, 0.2) is 0 Å². The summed E-state index contributed by atoms with van der Waals surface area (Å²) < 4.78 is 5.38. The number of rotatable bonds is 11. The molecule has 0 saturated heterocycles. The molecule has 132 valence electrons. The van der Waals surface area contributed by atoms with Gasteiger partial charge in [-0.05, 0) is 25.7 Å². The summed E-state index contributed by atoms with van der Waals surface area (Å²) in [6.45, 7) is 0.594. The molecule has 1 rings (SSSR count). The van der Waals surface area contributed by atoms with Gasteiger partial charge in [-0.2, -0.15) is 0 Å². The molecule has 23 heavy (non-hydrogen) atoms. The number of amides is 1. The number of hydrogen-bond acceptors (Lipinski definition) is 4. The number of carboxylic acids is 1. The van der Waals surface area contributed by atoms with Gasteiger partial charge in [-0.1, -0.05) is 25.7 Å². The van der Waals surface area contributed by atoms with Crippen molar-refractivity contribution in [2.75, 3.05) is 13.7 Å². The van der Waals surface area contributed by atoms with Crippen LogP contribution in [0.2, 0.25) is 0 Å². The van der Waals surface area contributed by atoms with E-state index >= 15 is 0 Å². The van der Waals surface area contributed by atoms with Crippen molar-refractivity contribution in [1.82, 2.24) is 5.32 Å². The lowest BCUT2D eigenvalue weighted by Gasteiger charge is -2.33. The molecule has 3 unspecified atom stereocenters. The fraction of sp³-hybridized carbons (Fsp3) is 0.824. The number of ether oxygens (including phenoxy) is 1. The molecule has 0 spiro atoms. The van der Waals surface area contributed by atoms with Crippen LogP contribution in [0.25, 0.3) is 0 Å². The van der Waals surface area contributed by atoms with Gasteiger partial charge in [-0.25, -0.2) is 0 Å². The van der Waals surface area contributed by atoms with E-state index in [2.05, 4.69) is 5.32 Å². The third-order valence-electron chi connectivity index (χ3n) is 4.53. The lowest BCUT2D eigenvalue weighted by Crippen LogP contribution is -2.45. The smallest absolute Gasteiger partial charge is 0.303 e. The molecule has 1 saturated carbocycles. The van der Waals surface area contributed by atoms with Crippen LogP contribution >= 0.6 is 0 Å². The van der Waals surface area contributed by atoms with E-state index in [1.807, 2.05) is 0 Å². The van der Waals surface area contributed by atoms with Crippen LogP contribution in [-0.4, -0.2) is 43.0 Å². The summed E-state index contributed by atoms with van der Waals surface area (Å²) in [7, 11) is 1.59. The van der Waals surface area contributed by atoms with Gasteiger partial charge in [-0.3, -0.25) is 9.59 Å². The monoisotopic (exact) mass is 327 g/mol. The van der Waals surface area contributed by atoms with Gasteiger partial charge in [0.05, 0.1) is 12.0 Å². The van der Waals surface area contributed by atoms with Gasteiger partial charge in [0, 0.05) is 26.0 Å². The first-order chi connectivity index (χ1) is 11.1. The number of carbonyl (C=O) groups excluding carboxylic acids is 2. The average molecular weight is 327 g/mol. The molecule has 1 aliphatic rings. The fourth-order valence-electron chi connectivity index (χ4n) is 3.23. The van der Waals surface area contributed by atoms with Gasteiger partial charge >= 0.3 is 5.97 Å². The Kier molecular flexibility index (Phi) is 9.52. The van der Waals surface area contributed by atoms with Gasteiger partial charge in [0.2, 0.25) is 5.91 Å². The lowest BCUT2D eigenvalue weighted by molar-refractivity contribution is -0.138. The van der Waals surface area contributed by atoms with E-state index in [0.717, 1.165) is 51.2 Å². The Bertz CT molecular complexity index is 385. The summed E-state index contributed by atoms with van der Waals surface area (Å²) in [4.78, 5) is 33.9. The van der Waals surface area contributed by atoms with Crippen LogP contribution in [0.4, 0.5) is 0 Å². The largest absolute Gasteiger partial charge is 0.481 e. The minimum atomic E-state index is -0.748. The second kappa shape index (κ2) is 11.2. The summed E-state index contributed by atoms with van der Waals surface area (Å²) in [5, 5.41) is 11.5. The third-order valence-corrected chi connectivity index (χ3v) is 4.53. The molecule has 2 N–H and O–H groups in total. The Morgan fingerprint density at radius 2 is 1.87 bits per heavy atom. The molecular formula is C17H29NO5. The summed E-state index contributed by atoms with van der Waals surface area (Å²) in [5.74, 6) is -1.45. The second-order valence-corrected chi connectivity index (χ2v) is 6.23. The van der Waals surface area contributed by atoms with Crippen LogP contribution in [-0.2, 0) is 19.1 Å². The molecule has 1 amide bonds. The second-order valence-electron chi connectivity index (χ2n) is 6.23. The Morgan fingerprint density at radius 1 is 1.17 bits per heavy atom. The van der Waals surface area contributed by atoms with Crippen molar-refractivity contribution in [3.05, 3.63) is 0 Å². The maximum Gasteiger partial charge on any atom is 0.303 e. The van der Waals surface area contributed by atoms with Crippen molar-refractivity contribution in [3.63, 3.8) is 0 Å². The summed E-state index contributed by atoms with van der Waals surface area (Å²) in [5.41, 5.74) is 0. The molecule has 0 aromatic carbocycles. The van der Waals surface area contributed by atoms with Gasteiger partial charge < -0.3 is 20.0 Å². The van der Waals surface area contributed by atoms with Crippen molar-refractivity contribution in [1.29, 1.82) is 0 Å². The average Bonchev–Trinajstić information content (AvgIpc) is 2.55. The quantitative estimate of drug-likeness (QED) is 0.448. The van der Waals surface area contributed by atoms with Gasteiger partial charge in [0.15, 0.2) is 0 Å². The zero-order valence-corrected chi connectivity index (χ0v) is 14.0. The molecule has 3 atom stereocenters. The Hall–Kier alpha value is -1.43. The Labute approximate surface area is 138 Å². The number of unbranched alkanes of at least 4 members (excludes halogenated alkanes) is 4. The van der Waals surface area contributed by atoms with Crippen molar-refractivity contribution in [2.45, 2.75) is 63.9 Å². The van der Waals surface area contributed by atoms with Crippen LogP contribution in [0.5, 0.6) is 0 Å². The zero-order chi connectivity index (χ0) is 17.1. The maximum absolute atomic E-state index is 12.3. The zero-order valence-electron chi connectivity index (χ0n) is 14.0. The molecule has 0 aromatic heterocycles. The first-order valence-corrected chi connectivity index (χ1v) is 8.57. The molecule has 0 aromatic rings. The summed E-state index contributed by atoms with van der Waals surface area (Å²) in [6.07, 6.45) is 7.86. The highest BCUT2D eigenvalue weighted by Crippen LogP contribution is 2.31. The Morgan fingerprint density at radius 3 is 2.52 bits per heavy atom. The normalized spacial score (nSPS) is 24.1. The SMILES string of the molecule is COC1CCCC(C=O)C1C(=O)NCCCCCCCC(=O)O. The molecular weight excluding hydrogens is 298 g/mol. The van der Waals surface area contributed by atoms with E-state index < -0.39 is 5.97 Å². The highest BCUT2D eigenvalue weighted by atomic mass is 16.5. The number of carbonyl (C=O) groups is 3. The highest BCUT2D eigenvalue weighted by Gasteiger charge is 2.38. The molecule has 6 nitrogen and oxygen atoms in total. The molecule has 0 aliphatic heterocycles. The molecule has 6 heteroatoms. The van der Waals surface area contributed by atoms with Crippen LogP contribution in [0.3, 0.4) is 0 Å². The van der Waals surface area contributed by atoms with Crippen molar-refractivity contribution >= 4 is 18.2 Å². The molecule has 1 fully saturated rings. The van der Waals surface area contributed by atoms with Crippen molar-refractivity contribution in [3.8, 4) is 0 Å². The fourth-order valence-corrected chi connectivity index (χ4v) is 3.23. The van der Waals surface area contributed by atoms with E-state index in [1.165, 1.54) is 0 Å². The number of methoxy groups -OCH3 is 1.